The van der Waals surface area contributed by atoms with Crippen molar-refractivity contribution in [2.24, 2.45) is 0 Å². The summed E-state index contributed by atoms with van der Waals surface area (Å²) >= 11 is 0. The Hall–Kier alpha value is -1.50. The molecule has 0 bridgehead atoms. The van der Waals surface area contributed by atoms with Gasteiger partial charge in [0, 0.05) is 44.8 Å². The fourth-order valence-corrected chi connectivity index (χ4v) is 3.62. The average molecular weight is 334 g/mol. The molecule has 0 radical (unpaired) electrons. The minimum Gasteiger partial charge on any atom is -0.395 e. The molecule has 1 fully saturated rings. The standard InChI is InChI=1S/C18H27FN4O/c1-3-15(13-24)22-9-7-21(8-10-22)12-18-20-16-11-14(19)5-6-17(16)23(18)4-2/h5-6,11,15,24H,3-4,7-10,12-13H2,1-2H3. The lowest BCUT2D eigenvalue weighted by atomic mass is 10.1. The van der Waals surface area contributed by atoms with Crippen LogP contribution in [0.2, 0.25) is 0 Å². The molecule has 3 rings (SSSR count). The van der Waals surface area contributed by atoms with Crippen molar-refractivity contribution in [2.45, 2.75) is 39.4 Å². The first-order chi connectivity index (χ1) is 11.7. The monoisotopic (exact) mass is 334 g/mol. The first-order valence-electron chi connectivity index (χ1n) is 8.88. The number of piperazine rings is 1. The molecule has 24 heavy (non-hydrogen) atoms. The third-order valence-electron chi connectivity index (χ3n) is 5.08. The van der Waals surface area contributed by atoms with Gasteiger partial charge in [0.05, 0.1) is 24.2 Å². The van der Waals surface area contributed by atoms with Gasteiger partial charge >= 0.3 is 0 Å². The summed E-state index contributed by atoms with van der Waals surface area (Å²) in [5.74, 6) is 0.763. The summed E-state index contributed by atoms with van der Waals surface area (Å²) in [4.78, 5) is 9.42. The Morgan fingerprint density at radius 1 is 1.21 bits per heavy atom. The molecule has 1 aromatic heterocycles. The van der Waals surface area contributed by atoms with Gasteiger partial charge in [0.1, 0.15) is 11.6 Å². The number of halogens is 1. The number of rotatable bonds is 6. The van der Waals surface area contributed by atoms with Crippen molar-refractivity contribution in [3.05, 3.63) is 29.8 Å². The van der Waals surface area contributed by atoms with Crippen LogP contribution in [0.15, 0.2) is 18.2 Å². The van der Waals surface area contributed by atoms with E-state index < -0.39 is 0 Å². The molecule has 2 aromatic rings. The van der Waals surface area contributed by atoms with Crippen LogP contribution in [0.3, 0.4) is 0 Å². The van der Waals surface area contributed by atoms with Gasteiger partial charge in [0.15, 0.2) is 0 Å². The lowest BCUT2D eigenvalue weighted by Crippen LogP contribution is -2.51. The zero-order valence-corrected chi connectivity index (χ0v) is 14.6. The Labute approximate surface area is 142 Å². The number of aliphatic hydroxyl groups is 1. The van der Waals surface area contributed by atoms with E-state index in [-0.39, 0.29) is 18.5 Å². The highest BCUT2D eigenvalue weighted by molar-refractivity contribution is 5.76. The summed E-state index contributed by atoms with van der Waals surface area (Å²) in [7, 11) is 0. The topological polar surface area (TPSA) is 44.5 Å². The Kier molecular flexibility index (Phi) is 5.48. The molecule has 0 spiro atoms. The van der Waals surface area contributed by atoms with E-state index in [0.717, 1.165) is 62.5 Å². The Morgan fingerprint density at radius 3 is 2.58 bits per heavy atom. The van der Waals surface area contributed by atoms with Crippen LogP contribution >= 0.6 is 0 Å². The van der Waals surface area contributed by atoms with Crippen LogP contribution in [0.1, 0.15) is 26.1 Å². The van der Waals surface area contributed by atoms with Crippen LogP contribution in [0.5, 0.6) is 0 Å². The largest absolute Gasteiger partial charge is 0.395 e. The predicted molar refractivity (Wildman–Crippen MR) is 93.4 cm³/mol. The maximum absolute atomic E-state index is 13.4. The molecule has 1 atom stereocenters. The molecule has 1 saturated heterocycles. The molecule has 1 aliphatic heterocycles. The van der Waals surface area contributed by atoms with E-state index in [0.29, 0.717) is 0 Å². The molecule has 0 saturated carbocycles. The zero-order valence-electron chi connectivity index (χ0n) is 14.6. The fourth-order valence-electron chi connectivity index (χ4n) is 3.62. The summed E-state index contributed by atoms with van der Waals surface area (Å²) in [6, 6.07) is 5.10. The lowest BCUT2D eigenvalue weighted by molar-refractivity contribution is 0.0595. The van der Waals surface area contributed by atoms with Crippen molar-refractivity contribution in [3.63, 3.8) is 0 Å². The van der Waals surface area contributed by atoms with Gasteiger partial charge in [-0.1, -0.05) is 6.92 Å². The number of aromatic nitrogens is 2. The lowest BCUT2D eigenvalue weighted by Gasteiger charge is -2.38. The smallest absolute Gasteiger partial charge is 0.125 e. The van der Waals surface area contributed by atoms with Crippen LogP contribution in [0.25, 0.3) is 11.0 Å². The molecular formula is C18H27FN4O. The number of fused-ring (bicyclic) bond motifs is 1. The summed E-state index contributed by atoms with van der Waals surface area (Å²) in [6.07, 6.45) is 0.980. The van der Waals surface area contributed by atoms with Crippen molar-refractivity contribution >= 4 is 11.0 Å². The van der Waals surface area contributed by atoms with Gasteiger partial charge in [-0.25, -0.2) is 9.37 Å². The normalized spacial score (nSPS) is 18.3. The molecular weight excluding hydrogens is 307 g/mol. The fraction of sp³-hybridized carbons (Fsp3) is 0.611. The van der Waals surface area contributed by atoms with Crippen molar-refractivity contribution in [1.82, 2.24) is 19.4 Å². The molecule has 0 aliphatic carbocycles. The van der Waals surface area contributed by atoms with E-state index in [1.54, 1.807) is 0 Å². The first-order valence-corrected chi connectivity index (χ1v) is 8.88. The van der Waals surface area contributed by atoms with E-state index >= 15 is 0 Å². The Morgan fingerprint density at radius 2 is 1.96 bits per heavy atom. The summed E-state index contributed by atoms with van der Waals surface area (Å²) in [6.45, 7) is 9.95. The minimum atomic E-state index is -0.238. The SMILES string of the molecule is CCC(CO)N1CCN(Cc2nc3cc(F)ccc3n2CC)CC1. The number of imidazole rings is 1. The minimum absolute atomic E-state index is 0.230. The Bertz CT molecular complexity index is 675. The molecule has 2 heterocycles. The molecule has 1 unspecified atom stereocenters. The maximum Gasteiger partial charge on any atom is 0.125 e. The molecule has 0 amide bonds. The number of hydrogen-bond donors (Lipinski definition) is 1. The number of aliphatic hydroxyl groups excluding tert-OH is 1. The second kappa shape index (κ2) is 7.59. The highest BCUT2D eigenvalue weighted by atomic mass is 19.1. The van der Waals surface area contributed by atoms with Crippen LogP contribution < -0.4 is 0 Å². The van der Waals surface area contributed by atoms with Gasteiger partial charge < -0.3 is 9.67 Å². The van der Waals surface area contributed by atoms with Crippen molar-refractivity contribution in [3.8, 4) is 0 Å². The summed E-state index contributed by atoms with van der Waals surface area (Å²) in [5.41, 5.74) is 1.73. The van der Waals surface area contributed by atoms with Crippen molar-refractivity contribution in [2.75, 3.05) is 32.8 Å². The van der Waals surface area contributed by atoms with Gasteiger partial charge in [0.25, 0.3) is 0 Å². The van der Waals surface area contributed by atoms with E-state index in [4.69, 9.17) is 0 Å². The van der Waals surface area contributed by atoms with Crippen LogP contribution in [-0.4, -0.2) is 63.3 Å². The number of hydrogen-bond acceptors (Lipinski definition) is 4. The van der Waals surface area contributed by atoms with Crippen LogP contribution in [-0.2, 0) is 13.1 Å². The van der Waals surface area contributed by atoms with E-state index in [9.17, 15) is 9.50 Å². The van der Waals surface area contributed by atoms with Gasteiger partial charge in [0.2, 0.25) is 0 Å². The molecule has 5 nitrogen and oxygen atoms in total. The highest BCUT2D eigenvalue weighted by Gasteiger charge is 2.23. The maximum atomic E-state index is 13.4. The van der Waals surface area contributed by atoms with Gasteiger partial charge in [-0.05, 0) is 25.5 Å². The molecule has 1 aliphatic rings. The number of benzene rings is 1. The molecule has 1 N–H and O–H groups in total. The Balaban J connectivity index is 1.70. The quantitative estimate of drug-likeness (QED) is 0.878. The van der Waals surface area contributed by atoms with Crippen LogP contribution in [0.4, 0.5) is 4.39 Å². The summed E-state index contributed by atoms with van der Waals surface area (Å²) < 4.78 is 15.6. The third kappa shape index (κ3) is 3.45. The van der Waals surface area contributed by atoms with Gasteiger partial charge in [-0.15, -0.1) is 0 Å². The van der Waals surface area contributed by atoms with E-state index in [1.165, 1.54) is 12.1 Å². The van der Waals surface area contributed by atoms with Crippen LogP contribution in [0, 0.1) is 5.82 Å². The van der Waals surface area contributed by atoms with Crippen molar-refractivity contribution in [1.29, 1.82) is 0 Å². The molecule has 6 heteroatoms. The summed E-state index contributed by atoms with van der Waals surface area (Å²) in [5, 5.41) is 9.45. The van der Waals surface area contributed by atoms with E-state index in [2.05, 4.69) is 33.2 Å². The molecule has 132 valence electrons. The zero-order chi connectivity index (χ0) is 17.1. The second-order valence-electron chi connectivity index (χ2n) is 6.46. The van der Waals surface area contributed by atoms with Gasteiger partial charge in [-0.3, -0.25) is 9.80 Å². The number of aryl methyl sites for hydroxylation is 1. The third-order valence-corrected chi connectivity index (χ3v) is 5.08. The highest BCUT2D eigenvalue weighted by Crippen LogP contribution is 2.19. The number of nitrogens with zero attached hydrogens (tertiary/aromatic N) is 4. The molecule has 1 aromatic carbocycles. The average Bonchev–Trinajstić information content (AvgIpc) is 2.93. The predicted octanol–water partition coefficient (Wildman–Crippen LogP) is 2.08. The first kappa shape index (κ1) is 17.3. The van der Waals surface area contributed by atoms with Gasteiger partial charge in [-0.2, -0.15) is 0 Å². The van der Waals surface area contributed by atoms with E-state index in [1.807, 2.05) is 6.07 Å². The second-order valence-corrected chi connectivity index (χ2v) is 6.46. The van der Waals surface area contributed by atoms with Crippen molar-refractivity contribution < 1.29 is 9.50 Å².